The van der Waals surface area contributed by atoms with Gasteiger partial charge in [0.2, 0.25) is 0 Å². The van der Waals surface area contributed by atoms with Crippen molar-refractivity contribution in [3.63, 3.8) is 0 Å². The quantitative estimate of drug-likeness (QED) is 0.653. The van der Waals surface area contributed by atoms with Gasteiger partial charge in [-0.1, -0.05) is 54.9 Å². The first kappa shape index (κ1) is 14.3. The highest BCUT2D eigenvalue weighted by Crippen LogP contribution is 2.32. The van der Waals surface area contributed by atoms with Crippen LogP contribution in [0.4, 0.5) is 11.4 Å². The van der Waals surface area contributed by atoms with E-state index in [9.17, 15) is 10.1 Å². The Morgan fingerprint density at radius 3 is 2.55 bits per heavy atom. The lowest BCUT2D eigenvalue weighted by Gasteiger charge is -2.14. The summed E-state index contributed by atoms with van der Waals surface area (Å²) < 4.78 is 0. The molecular weight excluding hydrogens is 276 g/mol. The van der Waals surface area contributed by atoms with Crippen LogP contribution in [0.3, 0.4) is 0 Å². The lowest BCUT2D eigenvalue weighted by molar-refractivity contribution is -0.383. The molecule has 2 rings (SSSR count). The highest BCUT2D eigenvalue weighted by molar-refractivity contribution is 6.33. The number of nitrogens with zero attached hydrogens (tertiary/aromatic N) is 1. The van der Waals surface area contributed by atoms with E-state index in [-0.39, 0.29) is 16.6 Å². The van der Waals surface area contributed by atoms with E-state index in [0.29, 0.717) is 12.2 Å². The van der Waals surface area contributed by atoms with Gasteiger partial charge in [-0.15, -0.1) is 0 Å². The standard InChI is InChI=1S/C15H15ClN2O2/c1-11(12-6-3-2-4-7-12)10-17-14-9-5-8-13(16)15(14)18(19)20/h2-9,11,17H,10H2,1H3. The summed E-state index contributed by atoms with van der Waals surface area (Å²) in [5.41, 5.74) is 1.56. The minimum Gasteiger partial charge on any atom is -0.379 e. The summed E-state index contributed by atoms with van der Waals surface area (Å²) in [6, 6.07) is 14.9. The van der Waals surface area contributed by atoms with Crippen LogP contribution in [0.25, 0.3) is 0 Å². The van der Waals surface area contributed by atoms with Crippen LogP contribution in [0.1, 0.15) is 18.4 Å². The van der Waals surface area contributed by atoms with Crippen LogP contribution >= 0.6 is 11.6 Å². The predicted octanol–water partition coefficient (Wildman–Crippen LogP) is 4.46. The number of halogens is 1. The number of nitro groups is 1. The fourth-order valence-corrected chi connectivity index (χ4v) is 2.25. The minimum absolute atomic E-state index is 0.0746. The van der Waals surface area contributed by atoms with E-state index < -0.39 is 4.92 Å². The summed E-state index contributed by atoms with van der Waals surface area (Å²) in [5.74, 6) is 0.245. The molecular formula is C15H15ClN2O2. The van der Waals surface area contributed by atoms with E-state index in [4.69, 9.17) is 11.6 Å². The van der Waals surface area contributed by atoms with Crippen LogP contribution in [0.15, 0.2) is 48.5 Å². The van der Waals surface area contributed by atoms with Crippen molar-refractivity contribution in [1.82, 2.24) is 0 Å². The second kappa shape index (κ2) is 6.39. The second-order valence-electron chi connectivity index (χ2n) is 4.59. The zero-order valence-corrected chi connectivity index (χ0v) is 11.8. The van der Waals surface area contributed by atoms with Crippen LogP contribution in [0.2, 0.25) is 5.02 Å². The van der Waals surface area contributed by atoms with Crippen molar-refractivity contribution in [1.29, 1.82) is 0 Å². The number of para-hydroxylation sites is 1. The minimum atomic E-state index is -0.460. The Morgan fingerprint density at radius 2 is 1.90 bits per heavy atom. The zero-order chi connectivity index (χ0) is 14.5. The smallest absolute Gasteiger partial charge is 0.310 e. The van der Waals surface area contributed by atoms with Crippen LogP contribution in [-0.2, 0) is 0 Å². The lowest BCUT2D eigenvalue weighted by Crippen LogP contribution is -2.11. The molecule has 0 aliphatic carbocycles. The zero-order valence-electron chi connectivity index (χ0n) is 11.0. The summed E-state index contributed by atoms with van der Waals surface area (Å²) in [6.07, 6.45) is 0. The van der Waals surface area contributed by atoms with Gasteiger partial charge in [-0.05, 0) is 23.6 Å². The molecule has 20 heavy (non-hydrogen) atoms. The maximum Gasteiger partial charge on any atom is 0.310 e. The number of nitrogens with one attached hydrogen (secondary N) is 1. The molecule has 1 atom stereocenters. The normalized spacial score (nSPS) is 11.9. The van der Waals surface area contributed by atoms with Gasteiger partial charge in [-0.3, -0.25) is 10.1 Å². The maximum absolute atomic E-state index is 11.0. The van der Waals surface area contributed by atoms with Gasteiger partial charge >= 0.3 is 5.69 Å². The fraction of sp³-hybridized carbons (Fsp3) is 0.200. The van der Waals surface area contributed by atoms with Crippen molar-refractivity contribution in [2.24, 2.45) is 0 Å². The molecule has 0 aliphatic heterocycles. The molecule has 0 bridgehead atoms. The molecule has 4 nitrogen and oxygen atoms in total. The van der Waals surface area contributed by atoms with E-state index in [0.717, 1.165) is 0 Å². The summed E-state index contributed by atoms with van der Waals surface area (Å²) in [6.45, 7) is 2.67. The highest BCUT2D eigenvalue weighted by Gasteiger charge is 2.18. The summed E-state index contributed by atoms with van der Waals surface area (Å²) >= 11 is 5.88. The molecule has 0 fully saturated rings. The number of hydrogen-bond acceptors (Lipinski definition) is 3. The van der Waals surface area contributed by atoms with Gasteiger partial charge in [-0.2, -0.15) is 0 Å². The summed E-state index contributed by atoms with van der Waals surface area (Å²) in [7, 11) is 0. The largest absolute Gasteiger partial charge is 0.379 e. The molecule has 2 aromatic carbocycles. The average Bonchev–Trinajstić information content (AvgIpc) is 2.45. The predicted molar refractivity (Wildman–Crippen MR) is 81.5 cm³/mol. The Balaban J connectivity index is 2.12. The number of rotatable bonds is 5. The molecule has 0 saturated heterocycles. The Morgan fingerprint density at radius 1 is 1.20 bits per heavy atom. The summed E-state index contributed by atoms with van der Waals surface area (Å²) in [5, 5.41) is 14.3. The monoisotopic (exact) mass is 290 g/mol. The summed E-state index contributed by atoms with van der Waals surface area (Å²) in [4.78, 5) is 10.6. The third-order valence-corrected chi connectivity index (χ3v) is 3.44. The van der Waals surface area contributed by atoms with Crippen LogP contribution in [-0.4, -0.2) is 11.5 Å². The van der Waals surface area contributed by atoms with E-state index in [1.165, 1.54) is 11.6 Å². The molecule has 0 aliphatic rings. The average molecular weight is 291 g/mol. The number of benzene rings is 2. The molecule has 0 spiro atoms. The van der Waals surface area contributed by atoms with Gasteiger partial charge in [0.05, 0.1) is 4.92 Å². The molecule has 1 N–H and O–H groups in total. The molecule has 2 aromatic rings. The van der Waals surface area contributed by atoms with Gasteiger partial charge in [-0.25, -0.2) is 0 Å². The molecule has 104 valence electrons. The Labute approximate surface area is 122 Å². The number of anilines is 1. The van der Waals surface area contributed by atoms with Gasteiger partial charge in [0, 0.05) is 6.54 Å². The van der Waals surface area contributed by atoms with Crippen LogP contribution < -0.4 is 5.32 Å². The van der Waals surface area contributed by atoms with Crippen molar-refractivity contribution in [3.8, 4) is 0 Å². The van der Waals surface area contributed by atoms with Crippen LogP contribution in [0, 0.1) is 10.1 Å². The molecule has 0 aromatic heterocycles. The van der Waals surface area contributed by atoms with Crippen molar-refractivity contribution >= 4 is 23.0 Å². The first-order valence-electron chi connectivity index (χ1n) is 6.31. The van der Waals surface area contributed by atoms with E-state index >= 15 is 0 Å². The lowest BCUT2D eigenvalue weighted by atomic mass is 10.0. The van der Waals surface area contributed by atoms with Gasteiger partial charge in [0.25, 0.3) is 0 Å². The molecule has 0 amide bonds. The van der Waals surface area contributed by atoms with E-state index in [1.807, 2.05) is 30.3 Å². The SMILES string of the molecule is CC(CNc1cccc(Cl)c1[N+](=O)[O-])c1ccccc1. The van der Waals surface area contributed by atoms with E-state index in [2.05, 4.69) is 12.2 Å². The molecule has 0 heterocycles. The van der Waals surface area contributed by atoms with Crippen molar-refractivity contribution in [2.75, 3.05) is 11.9 Å². The van der Waals surface area contributed by atoms with Crippen molar-refractivity contribution in [2.45, 2.75) is 12.8 Å². The molecule has 5 heteroatoms. The number of hydrogen-bond donors (Lipinski definition) is 1. The Hall–Kier alpha value is -2.07. The first-order valence-corrected chi connectivity index (χ1v) is 6.69. The number of nitro benzene ring substituents is 1. The molecule has 1 unspecified atom stereocenters. The Bertz CT molecular complexity index is 602. The molecule has 0 radical (unpaired) electrons. The van der Waals surface area contributed by atoms with Crippen LogP contribution in [0.5, 0.6) is 0 Å². The Kier molecular flexibility index (Phi) is 4.58. The fourth-order valence-electron chi connectivity index (χ4n) is 2.01. The van der Waals surface area contributed by atoms with Gasteiger partial charge in [0.1, 0.15) is 10.7 Å². The third kappa shape index (κ3) is 3.27. The van der Waals surface area contributed by atoms with Crippen molar-refractivity contribution in [3.05, 3.63) is 69.2 Å². The topological polar surface area (TPSA) is 55.2 Å². The molecule has 0 saturated carbocycles. The van der Waals surface area contributed by atoms with E-state index in [1.54, 1.807) is 12.1 Å². The van der Waals surface area contributed by atoms with Gasteiger partial charge in [0.15, 0.2) is 0 Å². The highest BCUT2D eigenvalue weighted by atomic mass is 35.5. The third-order valence-electron chi connectivity index (χ3n) is 3.14. The van der Waals surface area contributed by atoms with Crippen molar-refractivity contribution < 1.29 is 4.92 Å². The van der Waals surface area contributed by atoms with Gasteiger partial charge < -0.3 is 5.32 Å². The first-order chi connectivity index (χ1) is 9.59. The second-order valence-corrected chi connectivity index (χ2v) is 4.99. The maximum atomic E-state index is 11.0.